The van der Waals surface area contributed by atoms with Gasteiger partial charge in [-0.2, -0.15) is 4.31 Å². The number of hydrogen-bond acceptors (Lipinski definition) is 4. The summed E-state index contributed by atoms with van der Waals surface area (Å²) in [5, 5.41) is 0. The SMILES string of the molecule is Cc1ccc([C@@H](C)OC(=O)C2CCN(S(=O)(=O)c3ccc(F)cc3)CC2)cc1. The van der Waals surface area contributed by atoms with E-state index >= 15 is 0 Å². The Labute approximate surface area is 165 Å². The van der Waals surface area contributed by atoms with Gasteiger partial charge < -0.3 is 4.74 Å². The van der Waals surface area contributed by atoms with Gasteiger partial charge in [-0.25, -0.2) is 12.8 Å². The van der Waals surface area contributed by atoms with Gasteiger partial charge in [-0.1, -0.05) is 29.8 Å². The third kappa shape index (κ3) is 4.59. The van der Waals surface area contributed by atoms with Gasteiger partial charge in [-0.3, -0.25) is 4.79 Å². The van der Waals surface area contributed by atoms with Crippen LogP contribution >= 0.6 is 0 Å². The molecule has 1 atom stereocenters. The Balaban J connectivity index is 1.57. The van der Waals surface area contributed by atoms with Crippen molar-refractivity contribution in [3.8, 4) is 0 Å². The maximum Gasteiger partial charge on any atom is 0.309 e. The number of halogens is 1. The van der Waals surface area contributed by atoms with Crippen LogP contribution in [0.4, 0.5) is 4.39 Å². The second-order valence-corrected chi connectivity index (χ2v) is 9.06. The van der Waals surface area contributed by atoms with E-state index in [1.54, 1.807) is 0 Å². The molecule has 1 aliphatic rings. The van der Waals surface area contributed by atoms with Gasteiger partial charge in [0.15, 0.2) is 0 Å². The van der Waals surface area contributed by atoms with E-state index in [9.17, 15) is 17.6 Å². The molecule has 3 rings (SSSR count). The number of sulfonamides is 1. The van der Waals surface area contributed by atoms with E-state index in [-0.39, 0.29) is 36.0 Å². The normalized spacial score (nSPS) is 17.2. The van der Waals surface area contributed by atoms with Crippen LogP contribution in [0, 0.1) is 18.7 Å². The van der Waals surface area contributed by atoms with Gasteiger partial charge in [-0.15, -0.1) is 0 Å². The van der Waals surface area contributed by atoms with Gasteiger partial charge in [0.2, 0.25) is 10.0 Å². The largest absolute Gasteiger partial charge is 0.458 e. The first-order chi connectivity index (χ1) is 13.3. The van der Waals surface area contributed by atoms with Crippen molar-refractivity contribution in [3.63, 3.8) is 0 Å². The lowest BCUT2D eigenvalue weighted by molar-refractivity contribution is -0.155. The number of esters is 1. The molecule has 1 fully saturated rings. The van der Waals surface area contributed by atoms with Crippen LogP contribution in [0.5, 0.6) is 0 Å². The minimum Gasteiger partial charge on any atom is -0.458 e. The molecular weight excluding hydrogens is 381 g/mol. The molecule has 28 heavy (non-hydrogen) atoms. The lowest BCUT2D eigenvalue weighted by Crippen LogP contribution is -2.40. The van der Waals surface area contributed by atoms with Crippen molar-refractivity contribution in [2.45, 2.75) is 37.7 Å². The number of benzene rings is 2. The van der Waals surface area contributed by atoms with Crippen LogP contribution < -0.4 is 0 Å². The lowest BCUT2D eigenvalue weighted by atomic mass is 9.98. The van der Waals surface area contributed by atoms with Crippen molar-refractivity contribution in [1.29, 1.82) is 0 Å². The summed E-state index contributed by atoms with van der Waals surface area (Å²) in [6, 6.07) is 12.6. The topological polar surface area (TPSA) is 63.7 Å². The smallest absolute Gasteiger partial charge is 0.309 e. The maximum absolute atomic E-state index is 13.0. The number of rotatable bonds is 5. The first-order valence-corrected chi connectivity index (χ1v) is 10.7. The molecule has 0 aromatic heterocycles. The van der Waals surface area contributed by atoms with Crippen LogP contribution in [0.2, 0.25) is 0 Å². The maximum atomic E-state index is 13.0. The Morgan fingerprint density at radius 1 is 1.07 bits per heavy atom. The van der Waals surface area contributed by atoms with Crippen molar-refractivity contribution >= 4 is 16.0 Å². The van der Waals surface area contributed by atoms with Crippen LogP contribution in [0.1, 0.15) is 37.0 Å². The molecular formula is C21H24FNO4S. The minimum atomic E-state index is -3.68. The third-order valence-corrected chi connectivity index (χ3v) is 6.99. The van der Waals surface area contributed by atoms with Gasteiger partial charge in [0, 0.05) is 13.1 Å². The average Bonchev–Trinajstić information content (AvgIpc) is 2.69. The van der Waals surface area contributed by atoms with Gasteiger partial charge >= 0.3 is 5.97 Å². The summed E-state index contributed by atoms with van der Waals surface area (Å²) in [6.45, 7) is 4.29. The zero-order chi connectivity index (χ0) is 20.3. The zero-order valence-electron chi connectivity index (χ0n) is 16.0. The van der Waals surface area contributed by atoms with Crippen molar-refractivity contribution in [3.05, 3.63) is 65.5 Å². The second-order valence-electron chi connectivity index (χ2n) is 7.12. The highest BCUT2D eigenvalue weighted by Gasteiger charge is 2.33. The number of ether oxygens (including phenoxy) is 1. The van der Waals surface area contributed by atoms with Gasteiger partial charge in [0.1, 0.15) is 11.9 Å². The first kappa shape index (κ1) is 20.5. The quantitative estimate of drug-likeness (QED) is 0.709. The lowest BCUT2D eigenvalue weighted by Gasteiger charge is -2.30. The minimum absolute atomic E-state index is 0.0583. The van der Waals surface area contributed by atoms with E-state index < -0.39 is 15.8 Å². The number of nitrogens with zero attached hydrogens (tertiary/aromatic N) is 1. The molecule has 0 spiro atoms. The van der Waals surface area contributed by atoms with Crippen LogP contribution in [0.3, 0.4) is 0 Å². The fourth-order valence-electron chi connectivity index (χ4n) is 3.26. The summed E-state index contributed by atoms with van der Waals surface area (Å²) in [5.74, 6) is -1.11. The van der Waals surface area contributed by atoms with Crippen molar-refractivity contribution in [1.82, 2.24) is 4.31 Å². The molecule has 7 heteroatoms. The summed E-state index contributed by atoms with van der Waals surface area (Å²) in [5.41, 5.74) is 2.06. The van der Waals surface area contributed by atoms with Crippen LogP contribution in [0.15, 0.2) is 53.4 Å². The molecule has 0 aliphatic carbocycles. The Morgan fingerprint density at radius 3 is 2.21 bits per heavy atom. The van der Waals surface area contributed by atoms with E-state index in [1.807, 2.05) is 38.1 Å². The fourth-order valence-corrected chi connectivity index (χ4v) is 4.73. The molecule has 0 unspecified atom stereocenters. The number of carbonyl (C=O) groups excluding carboxylic acids is 1. The van der Waals surface area contributed by atoms with Crippen LogP contribution in [0.25, 0.3) is 0 Å². The fraction of sp³-hybridized carbons (Fsp3) is 0.381. The standard InChI is InChI=1S/C21H24FNO4S/c1-15-3-5-17(6-4-15)16(2)27-21(24)18-11-13-23(14-12-18)28(25,26)20-9-7-19(22)8-10-20/h3-10,16,18H,11-14H2,1-2H3/t16-/m1/s1. The predicted molar refractivity (Wildman–Crippen MR) is 104 cm³/mol. The first-order valence-electron chi connectivity index (χ1n) is 9.30. The second kappa shape index (κ2) is 8.41. The predicted octanol–water partition coefficient (Wildman–Crippen LogP) is 3.84. The summed E-state index contributed by atoms with van der Waals surface area (Å²) >= 11 is 0. The molecule has 2 aromatic rings. The van der Waals surface area contributed by atoms with Crippen molar-refractivity contribution in [2.75, 3.05) is 13.1 Å². The molecule has 0 saturated carbocycles. The highest BCUT2D eigenvalue weighted by atomic mass is 32.2. The molecule has 0 radical (unpaired) electrons. The number of piperidine rings is 1. The number of aryl methyl sites for hydroxylation is 1. The Hall–Kier alpha value is -2.25. The van der Waals surface area contributed by atoms with Crippen molar-refractivity contribution < 1.29 is 22.3 Å². The van der Waals surface area contributed by atoms with Crippen LogP contribution in [-0.2, 0) is 19.6 Å². The Kier molecular flexibility index (Phi) is 6.15. The summed E-state index contributed by atoms with van der Waals surface area (Å²) in [7, 11) is -3.68. The summed E-state index contributed by atoms with van der Waals surface area (Å²) in [6.07, 6.45) is 0.453. The van der Waals surface area contributed by atoms with E-state index in [0.717, 1.165) is 23.3 Å². The highest BCUT2D eigenvalue weighted by molar-refractivity contribution is 7.89. The highest BCUT2D eigenvalue weighted by Crippen LogP contribution is 2.27. The van der Waals surface area contributed by atoms with E-state index in [2.05, 4.69) is 0 Å². The Bertz CT molecular complexity index is 918. The van der Waals surface area contributed by atoms with Crippen molar-refractivity contribution in [2.24, 2.45) is 5.92 Å². The summed E-state index contributed by atoms with van der Waals surface area (Å²) in [4.78, 5) is 12.5. The molecule has 1 heterocycles. The number of carbonyl (C=O) groups is 1. The zero-order valence-corrected chi connectivity index (χ0v) is 16.8. The average molecular weight is 405 g/mol. The molecule has 0 bridgehead atoms. The molecule has 0 amide bonds. The van der Waals surface area contributed by atoms with Crippen LogP contribution in [-0.4, -0.2) is 31.8 Å². The summed E-state index contributed by atoms with van der Waals surface area (Å²) < 4.78 is 45.3. The van der Waals surface area contributed by atoms with E-state index in [0.29, 0.717) is 12.8 Å². The molecule has 0 N–H and O–H groups in total. The third-order valence-electron chi connectivity index (χ3n) is 5.08. The molecule has 2 aromatic carbocycles. The number of hydrogen-bond donors (Lipinski definition) is 0. The van der Waals surface area contributed by atoms with E-state index in [4.69, 9.17) is 4.74 Å². The van der Waals surface area contributed by atoms with Gasteiger partial charge in [0.05, 0.1) is 10.8 Å². The van der Waals surface area contributed by atoms with Gasteiger partial charge in [-0.05, 0) is 56.5 Å². The Morgan fingerprint density at radius 2 is 1.64 bits per heavy atom. The molecule has 1 saturated heterocycles. The van der Waals surface area contributed by atoms with E-state index in [1.165, 1.54) is 16.4 Å². The monoisotopic (exact) mass is 405 g/mol. The van der Waals surface area contributed by atoms with Gasteiger partial charge in [0.25, 0.3) is 0 Å². The molecule has 1 aliphatic heterocycles. The molecule has 5 nitrogen and oxygen atoms in total. The molecule has 150 valence electrons.